The first-order chi connectivity index (χ1) is 20.5. The van der Waals surface area contributed by atoms with Crippen LogP contribution >= 0.6 is 0 Å². The number of hydrogen-bond acceptors (Lipinski definition) is 14. The van der Waals surface area contributed by atoms with Crippen LogP contribution < -0.4 is 54.8 Å². The zero-order chi connectivity index (χ0) is 31.5. The van der Waals surface area contributed by atoms with Crippen molar-refractivity contribution in [2.75, 3.05) is 26.2 Å². The van der Waals surface area contributed by atoms with Gasteiger partial charge in [0, 0.05) is 44.1 Å². The fourth-order valence-electron chi connectivity index (χ4n) is 5.54. The van der Waals surface area contributed by atoms with Crippen molar-refractivity contribution >= 4 is 23.8 Å². The highest BCUT2D eigenvalue weighted by molar-refractivity contribution is 5.84. The zero-order valence-electron chi connectivity index (χ0n) is 24.2. The topological polar surface area (TPSA) is 303 Å². The van der Waals surface area contributed by atoms with Crippen LogP contribution in [-0.4, -0.2) is 121 Å². The Hall–Kier alpha value is -2.68. The molecule has 18 nitrogen and oxygen atoms in total. The number of aliphatic hydroxyl groups excluding tert-OH is 2. The summed E-state index contributed by atoms with van der Waals surface area (Å²) in [5, 5.41) is 38.7. The summed E-state index contributed by atoms with van der Waals surface area (Å²) in [6, 6.07) is -2.61. The molecule has 0 spiro atoms. The van der Waals surface area contributed by atoms with E-state index in [-0.39, 0.29) is 36.7 Å². The lowest BCUT2D eigenvalue weighted by Crippen LogP contribution is -2.71. The molecule has 0 saturated carbocycles. The van der Waals surface area contributed by atoms with Crippen molar-refractivity contribution in [3.63, 3.8) is 0 Å². The first-order valence-corrected chi connectivity index (χ1v) is 14.8. The van der Waals surface area contributed by atoms with Gasteiger partial charge in [-0.3, -0.25) is 30.3 Å². The van der Waals surface area contributed by atoms with Crippen LogP contribution in [0.5, 0.6) is 0 Å². The van der Waals surface area contributed by atoms with E-state index in [1.165, 1.54) is 0 Å². The Morgan fingerprint density at radius 3 is 2.44 bits per heavy atom. The number of hydrogen-bond donors (Lipinski definition) is 12. The zero-order valence-corrected chi connectivity index (χ0v) is 24.2. The highest BCUT2D eigenvalue weighted by atomic mass is 16.6. The van der Waals surface area contributed by atoms with Crippen molar-refractivity contribution in [2.45, 2.75) is 106 Å². The third kappa shape index (κ3) is 10.5. The molecule has 0 aromatic rings. The second kappa shape index (κ2) is 17.0. The van der Waals surface area contributed by atoms with E-state index in [1.807, 2.05) is 0 Å². The van der Waals surface area contributed by atoms with E-state index in [4.69, 9.17) is 32.4 Å². The molecule has 16 N–H and O–H groups in total. The van der Waals surface area contributed by atoms with Crippen LogP contribution in [0.25, 0.3) is 0 Å². The molecule has 246 valence electrons. The van der Waals surface area contributed by atoms with Gasteiger partial charge in [0.1, 0.15) is 30.8 Å². The van der Waals surface area contributed by atoms with Gasteiger partial charge in [0.2, 0.25) is 17.7 Å². The Morgan fingerprint density at radius 2 is 1.79 bits per heavy atom. The molecular formula is C25H48N10O8. The maximum atomic E-state index is 13.0. The Labute approximate surface area is 250 Å². The first-order valence-electron chi connectivity index (χ1n) is 14.8. The summed E-state index contributed by atoms with van der Waals surface area (Å²) in [7, 11) is 0. The van der Waals surface area contributed by atoms with Gasteiger partial charge in [-0.05, 0) is 38.6 Å². The maximum absolute atomic E-state index is 13.0. The Kier molecular flexibility index (Phi) is 13.7. The van der Waals surface area contributed by atoms with Crippen LogP contribution in [0.4, 0.5) is 4.79 Å². The SMILES string of the molecule is NCCC[C@H](N)CC(=O)NCCC[C@H](N)CC(=O)N[C@@H]1[C@@H](O)[C@H](OC(N)=O)[C@@H](CO)O[C@H]1NC1NC2CCNC(=O)C2N1. The lowest BCUT2D eigenvalue weighted by atomic mass is 9.95. The fourth-order valence-corrected chi connectivity index (χ4v) is 5.54. The normalized spacial score (nSPS) is 31.8. The number of piperidine rings is 1. The van der Waals surface area contributed by atoms with E-state index in [2.05, 4.69) is 31.9 Å². The van der Waals surface area contributed by atoms with Crippen molar-refractivity contribution in [2.24, 2.45) is 22.9 Å². The highest BCUT2D eigenvalue weighted by Gasteiger charge is 2.49. The van der Waals surface area contributed by atoms with Crippen LogP contribution in [0, 0.1) is 0 Å². The molecule has 10 atom stereocenters. The van der Waals surface area contributed by atoms with Crippen LogP contribution in [0.15, 0.2) is 0 Å². The molecule has 3 fully saturated rings. The summed E-state index contributed by atoms with van der Waals surface area (Å²) >= 11 is 0. The molecule has 4 amide bonds. The molecule has 18 heteroatoms. The molecular weight excluding hydrogens is 568 g/mol. The number of rotatable bonds is 16. The van der Waals surface area contributed by atoms with E-state index in [9.17, 15) is 29.4 Å². The quantitative estimate of drug-likeness (QED) is 0.0720. The molecule has 3 heterocycles. The van der Waals surface area contributed by atoms with Gasteiger partial charge in [-0.2, -0.15) is 0 Å². The molecule has 3 saturated heterocycles. The smallest absolute Gasteiger partial charge is 0.404 e. The summed E-state index contributed by atoms with van der Waals surface area (Å²) in [6.07, 6.45) is -3.81. The molecule has 0 aliphatic carbocycles. The molecule has 0 aromatic carbocycles. The van der Waals surface area contributed by atoms with Crippen LogP contribution in [-0.2, 0) is 23.9 Å². The van der Waals surface area contributed by atoms with Crippen molar-refractivity contribution in [3.8, 4) is 0 Å². The monoisotopic (exact) mass is 616 g/mol. The summed E-state index contributed by atoms with van der Waals surface area (Å²) < 4.78 is 10.9. The number of nitrogens with one attached hydrogen (secondary N) is 6. The second-order valence-corrected chi connectivity index (χ2v) is 11.2. The van der Waals surface area contributed by atoms with E-state index >= 15 is 0 Å². The number of ether oxygens (including phenoxy) is 2. The number of aliphatic hydroxyl groups is 2. The minimum absolute atomic E-state index is 0.108. The van der Waals surface area contributed by atoms with Crippen molar-refractivity contribution in [1.82, 2.24) is 31.9 Å². The largest absolute Gasteiger partial charge is 0.441 e. The van der Waals surface area contributed by atoms with E-state index < -0.39 is 67.6 Å². The molecule has 3 aliphatic rings. The van der Waals surface area contributed by atoms with Gasteiger partial charge in [-0.15, -0.1) is 0 Å². The molecule has 3 rings (SSSR count). The Bertz CT molecular complexity index is 948. The third-order valence-corrected chi connectivity index (χ3v) is 7.72. The van der Waals surface area contributed by atoms with Gasteiger partial charge in [0.15, 0.2) is 6.10 Å². The van der Waals surface area contributed by atoms with E-state index in [1.54, 1.807) is 0 Å². The van der Waals surface area contributed by atoms with Crippen LogP contribution in [0.1, 0.15) is 44.9 Å². The average molecular weight is 617 g/mol. The number of carbonyl (C=O) groups excluding carboxylic acids is 4. The van der Waals surface area contributed by atoms with Gasteiger partial charge in [-0.1, -0.05) is 0 Å². The van der Waals surface area contributed by atoms with Gasteiger partial charge in [0.25, 0.3) is 0 Å². The molecule has 3 aliphatic heterocycles. The summed E-state index contributed by atoms with van der Waals surface area (Å²) in [6.45, 7) is 0.794. The molecule has 0 aromatic heterocycles. The molecule has 3 unspecified atom stereocenters. The van der Waals surface area contributed by atoms with E-state index in [0.717, 1.165) is 6.42 Å². The van der Waals surface area contributed by atoms with Crippen LogP contribution in [0.2, 0.25) is 0 Å². The third-order valence-electron chi connectivity index (χ3n) is 7.72. The average Bonchev–Trinajstić information content (AvgIpc) is 3.37. The lowest BCUT2D eigenvalue weighted by molar-refractivity contribution is -0.204. The Balaban J connectivity index is 1.54. The number of primary amides is 1. The van der Waals surface area contributed by atoms with Crippen molar-refractivity contribution in [1.29, 1.82) is 0 Å². The summed E-state index contributed by atoms with van der Waals surface area (Å²) in [4.78, 5) is 48.7. The van der Waals surface area contributed by atoms with Gasteiger partial charge in [0.05, 0.1) is 12.6 Å². The van der Waals surface area contributed by atoms with Crippen LogP contribution in [0.3, 0.4) is 0 Å². The number of carbonyl (C=O) groups is 4. The van der Waals surface area contributed by atoms with Gasteiger partial charge in [-0.25, -0.2) is 4.79 Å². The number of amides is 4. The highest BCUT2D eigenvalue weighted by Crippen LogP contribution is 2.24. The van der Waals surface area contributed by atoms with Crippen molar-refractivity contribution in [3.05, 3.63) is 0 Å². The predicted octanol–water partition coefficient (Wildman–Crippen LogP) is -5.59. The minimum atomic E-state index is -1.52. The van der Waals surface area contributed by atoms with Gasteiger partial charge >= 0.3 is 6.09 Å². The predicted molar refractivity (Wildman–Crippen MR) is 152 cm³/mol. The molecule has 0 radical (unpaired) electrons. The maximum Gasteiger partial charge on any atom is 0.404 e. The standard InChI is InChI=1S/C25H48N10O8/c26-6-1-3-12(27)9-16(37)30-7-2-4-13(28)10-17(38)33-19-20(39)21(43-24(29)41)15(11-36)42-23(19)35-25-32-14-5-8-31-22(40)18(14)34-25/h12-15,18-21,23,25,32,34-36,39H,1-11,26-28H2,(H2,29,41)(H,30,37)(H,31,40)(H,33,38)/t12-,13-,14?,15+,18?,19+,20+,21+,23+,25?/m0/s1. The summed E-state index contributed by atoms with van der Waals surface area (Å²) in [5.74, 6) is -0.839. The van der Waals surface area contributed by atoms with E-state index in [0.29, 0.717) is 45.3 Å². The number of nitrogens with two attached hydrogens (primary N) is 4. The molecule has 0 bridgehead atoms. The lowest BCUT2D eigenvalue weighted by Gasteiger charge is -2.44. The fraction of sp³-hybridized carbons (Fsp3) is 0.840. The van der Waals surface area contributed by atoms with Gasteiger partial charge < -0.3 is 58.6 Å². The van der Waals surface area contributed by atoms with Crippen molar-refractivity contribution < 1.29 is 38.9 Å². The first kappa shape index (κ1) is 34.8. The number of fused-ring (bicyclic) bond motifs is 1. The Morgan fingerprint density at radius 1 is 1.09 bits per heavy atom. The summed E-state index contributed by atoms with van der Waals surface area (Å²) in [5.41, 5.74) is 22.7. The molecule has 43 heavy (non-hydrogen) atoms. The second-order valence-electron chi connectivity index (χ2n) is 11.2. The minimum Gasteiger partial charge on any atom is -0.441 e.